The zero-order valence-corrected chi connectivity index (χ0v) is 19.8. The van der Waals surface area contributed by atoms with Crippen LogP contribution in [0.25, 0.3) is 11.2 Å². The largest absolute Gasteiger partial charge is 0.465 e. The molecule has 4 atom stereocenters. The van der Waals surface area contributed by atoms with E-state index in [0.29, 0.717) is 23.5 Å². The number of benzene rings is 1. The molecule has 0 radical (unpaired) electrons. The number of aromatic nitrogens is 4. The molecule has 1 fully saturated rings. The predicted octanol–water partition coefficient (Wildman–Crippen LogP) is 0.655. The van der Waals surface area contributed by atoms with E-state index in [1.54, 1.807) is 6.92 Å². The Bertz CT molecular complexity index is 1200. The van der Waals surface area contributed by atoms with E-state index in [4.69, 9.17) is 14.2 Å². The third kappa shape index (κ3) is 5.70. The van der Waals surface area contributed by atoms with E-state index in [-0.39, 0.29) is 19.8 Å². The minimum atomic E-state index is -1.34. The van der Waals surface area contributed by atoms with Crippen molar-refractivity contribution in [3.63, 3.8) is 0 Å². The van der Waals surface area contributed by atoms with Crippen molar-refractivity contribution >= 4 is 29.0 Å². The molecular formula is C23H28N6O7. The number of rotatable bonds is 9. The number of nitrogens with zero attached hydrogens (tertiary/aromatic N) is 4. The molecule has 0 bridgehead atoms. The molecule has 0 aliphatic carbocycles. The molecule has 1 saturated heterocycles. The summed E-state index contributed by atoms with van der Waals surface area (Å²) in [6, 6.07) is 8.08. The van der Waals surface area contributed by atoms with Crippen LogP contribution in [0.2, 0.25) is 0 Å². The molecule has 192 valence electrons. The summed E-state index contributed by atoms with van der Waals surface area (Å²) in [5, 5.41) is 26.5. The first-order valence-corrected chi connectivity index (χ1v) is 11.4. The van der Waals surface area contributed by atoms with Gasteiger partial charge in [0.1, 0.15) is 37.8 Å². The molecular weight excluding hydrogens is 472 g/mol. The number of ether oxygens (including phenoxy) is 3. The first kappa shape index (κ1) is 25.3. The SMILES string of the molecule is CCOC(=O)CNC(=O)OC[C@H]1O[C@@H](n2cnc3c(NCc4ccc(C)cc4)ncnc32)C(O)[C@H]1O. The van der Waals surface area contributed by atoms with Gasteiger partial charge in [0, 0.05) is 6.54 Å². The molecule has 13 heteroatoms. The maximum atomic E-state index is 11.8. The number of hydrogen-bond acceptors (Lipinski definition) is 11. The van der Waals surface area contributed by atoms with Crippen LogP contribution < -0.4 is 10.6 Å². The van der Waals surface area contributed by atoms with Gasteiger partial charge in [-0.05, 0) is 19.4 Å². The Kier molecular flexibility index (Phi) is 7.93. The van der Waals surface area contributed by atoms with Crippen LogP contribution in [0.15, 0.2) is 36.9 Å². The predicted molar refractivity (Wildman–Crippen MR) is 126 cm³/mol. The van der Waals surface area contributed by atoms with Gasteiger partial charge in [-0.3, -0.25) is 9.36 Å². The van der Waals surface area contributed by atoms with Gasteiger partial charge in [0.25, 0.3) is 0 Å². The molecule has 1 aromatic carbocycles. The molecule has 3 aromatic rings. The van der Waals surface area contributed by atoms with Gasteiger partial charge in [0.05, 0.1) is 12.9 Å². The number of carbonyl (C=O) groups is 2. The molecule has 2 aromatic heterocycles. The molecule has 36 heavy (non-hydrogen) atoms. The van der Waals surface area contributed by atoms with Crippen LogP contribution in [0.1, 0.15) is 24.3 Å². The van der Waals surface area contributed by atoms with E-state index in [9.17, 15) is 19.8 Å². The first-order chi connectivity index (χ1) is 17.4. The highest BCUT2D eigenvalue weighted by molar-refractivity contribution is 5.82. The summed E-state index contributed by atoms with van der Waals surface area (Å²) in [6.07, 6.45) is -2.81. The Morgan fingerprint density at radius 2 is 1.89 bits per heavy atom. The van der Waals surface area contributed by atoms with Crippen molar-refractivity contribution < 1.29 is 34.0 Å². The molecule has 1 unspecified atom stereocenters. The lowest BCUT2D eigenvalue weighted by atomic mass is 10.1. The third-order valence-corrected chi connectivity index (χ3v) is 5.61. The number of hydrogen-bond donors (Lipinski definition) is 4. The minimum absolute atomic E-state index is 0.190. The fourth-order valence-electron chi connectivity index (χ4n) is 3.72. The second-order valence-electron chi connectivity index (χ2n) is 8.19. The summed E-state index contributed by atoms with van der Waals surface area (Å²) in [4.78, 5) is 36.0. The maximum absolute atomic E-state index is 11.8. The Balaban J connectivity index is 1.39. The Labute approximate surface area is 206 Å². The molecule has 1 amide bonds. The van der Waals surface area contributed by atoms with E-state index >= 15 is 0 Å². The fourth-order valence-corrected chi connectivity index (χ4v) is 3.72. The van der Waals surface area contributed by atoms with E-state index in [0.717, 1.165) is 5.56 Å². The number of aryl methyl sites for hydroxylation is 1. The van der Waals surface area contributed by atoms with Gasteiger partial charge >= 0.3 is 12.1 Å². The summed E-state index contributed by atoms with van der Waals surface area (Å²) in [5.41, 5.74) is 3.09. The van der Waals surface area contributed by atoms with Crippen molar-refractivity contribution in [2.45, 2.75) is 44.9 Å². The van der Waals surface area contributed by atoms with Crippen LogP contribution in [0.3, 0.4) is 0 Å². The highest BCUT2D eigenvalue weighted by atomic mass is 16.6. The van der Waals surface area contributed by atoms with E-state index in [2.05, 4.69) is 25.6 Å². The topological polar surface area (TPSA) is 170 Å². The quantitative estimate of drug-likeness (QED) is 0.304. The average Bonchev–Trinajstić information content (AvgIpc) is 3.42. The van der Waals surface area contributed by atoms with Gasteiger partial charge in [-0.1, -0.05) is 29.8 Å². The molecule has 4 N–H and O–H groups in total. The van der Waals surface area contributed by atoms with E-state index in [1.807, 2.05) is 31.2 Å². The van der Waals surface area contributed by atoms with Gasteiger partial charge in [-0.25, -0.2) is 19.7 Å². The minimum Gasteiger partial charge on any atom is -0.465 e. The molecule has 0 spiro atoms. The second kappa shape index (κ2) is 11.3. The monoisotopic (exact) mass is 500 g/mol. The lowest BCUT2D eigenvalue weighted by Gasteiger charge is -2.16. The molecule has 3 heterocycles. The molecule has 13 nitrogen and oxygen atoms in total. The average molecular weight is 501 g/mol. The van der Waals surface area contributed by atoms with Crippen molar-refractivity contribution in [2.75, 3.05) is 25.1 Å². The highest BCUT2D eigenvalue weighted by Crippen LogP contribution is 2.32. The molecule has 4 rings (SSSR count). The van der Waals surface area contributed by atoms with Gasteiger partial charge < -0.3 is 35.1 Å². The zero-order chi connectivity index (χ0) is 25.7. The van der Waals surface area contributed by atoms with Crippen LogP contribution in [0.5, 0.6) is 0 Å². The molecule has 0 saturated carbocycles. The number of esters is 1. The number of anilines is 1. The number of aliphatic hydroxyl groups excluding tert-OH is 2. The van der Waals surface area contributed by atoms with E-state index < -0.39 is 36.6 Å². The normalized spacial score (nSPS) is 21.3. The second-order valence-corrected chi connectivity index (χ2v) is 8.19. The van der Waals surface area contributed by atoms with Crippen LogP contribution in [0, 0.1) is 6.92 Å². The van der Waals surface area contributed by atoms with Crippen molar-refractivity contribution in [1.29, 1.82) is 0 Å². The van der Waals surface area contributed by atoms with Crippen molar-refractivity contribution in [3.8, 4) is 0 Å². The Morgan fingerprint density at radius 3 is 2.64 bits per heavy atom. The zero-order valence-electron chi connectivity index (χ0n) is 19.8. The number of carbonyl (C=O) groups excluding carboxylic acids is 2. The summed E-state index contributed by atoms with van der Waals surface area (Å²) in [5.74, 6) is -0.102. The maximum Gasteiger partial charge on any atom is 0.407 e. The van der Waals surface area contributed by atoms with Crippen LogP contribution in [0.4, 0.5) is 10.6 Å². The van der Waals surface area contributed by atoms with Gasteiger partial charge in [0.2, 0.25) is 0 Å². The van der Waals surface area contributed by atoms with Crippen molar-refractivity contribution in [2.24, 2.45) is 0 Å². The number of alkyl carbamates (subject to hydrolysis) is 1. The smallest absolute Gasteiger partial charge is 0.407 e. The number of amides is 1. The fraction of sp³-hybridized carbons (Fsp3) is 0.435. The molecule has 1 aliphatic heterocycles. The number of aliphatic hydroxyl groups is 2. The lowest BCUT2D eigenvalue weighted by Crippen LogP contribution is -2.37. The number of imidazole rings is 1. The van der Waals surface area contributed by atoms with Gasteiger partial charge in [0.15, 0.2) is 23.2 Å². The standard InChI is InChI=1S/C23H28N6O7/c1-3-34-16(30)9-25-23(33)35-10-15-18(31)19(32)22(36-15)29-12-28-17-20(26-11-27-21(17)29)24-8-14-6-4-13(2)5-7-14/h4-7,11-12,15,18-19,22,31-32H,3,8-10H2,1-2H3,(H,25,33)(H,24,26,27)/t15-,18+,19?,22-/m1/s1. The van der Waals surface area contributed by atoms with Crippen LogP contribution in [-0.4, -0.2) is 79.9 Å². The Hall–Kier alpha value is -3.81. The molecule has 1 aliphatic rings. The number of fused-ring (bicyclic) bond motifs is 1. The van der Waals surface area contributed by atoms with Crippen LogP contribution >= 0.6 is 0 Å². The Morgan fingerprint density at radius 1 is 1.11 bits per heavy atom. The van der Waals surface area contributed by atoms with Crippen molar-refractivity contribution in [3.05, 3.63) is 48.0 Å². The lowest BCUT2D eigenvalue weighted by molar-refractivity contribution is -0.141. The van der Waals surface area contributed by atoms with Crippen LogP contribution in [-0.2, 0) is 25.5 Å². The first-order valence-electron chi connectivity index (χ1n) is 11.4. The summed E-state index contributed by atoms with van der Waals surface area (Å²) < 4.78 is 17.0. The summed E-state index contributed by atoms with van der Waals surface area (Å²) in [7, 11) is 0. The third-order valence-electron chi connectivity index (χ3n) is 5.61. The summed E-state index contributed by atoms with van der Waals surface area (Å²) in [6.45, 7) is 3.68. The van der Waals surface area contributed by atoms with Crippen molar-refractivity contribution in [1.82, 2.24) is 24.8 Å². The number of nitrogens with one attached hydrogen (secondary N) is 2. The van der Waals surface area contributed by atoms with E-state index in [1.165, 1.54) is 22.8 Å². The summed E-state index contributed by atoms with van der Waals surface area (Å²) >= 11 is 0. The van der Waals surface area contributed by atoms with Gasteiger partial charge in [-0.2, -0.15) is 0 Å². The highest BCUT2D eigenvalue weighted by Gasteiger charge is 2.45. The van der Waals surface area contributed by atoms with Gasteiger partial charge in [-0.15, -0.1) is 0 Å².